The molecule has 0 aliphatic carbocycles. The van der Waals surface area contributed by atoms with Crippen molar-refractivity contribution in [3.63, 3.8) is 0 Å². The van der Waals surface area contributed by atoms with Crippen LogP contribution in [-0.4, -0.2) is 0 Å². The fourth-order valence-corrected chi connectivity index (χ4v) is 2.01. The van der Waals surface area contributed by atoms with Crippen molar-refractivity contribution < 1.29 is 9.13 Å². The first-order valence-electron chi connectivity index (χ1n) is 5.23. The van der Waals surface area contributed by atoms with Gasteiger partial charge < -0.3 is 4.74 Å². The van der Waals surface area contributed by atoms with Gasteiger partial charge in [0, 0.05) is 4.47 Å². The van der Waals surface area contributed by atoms with Gasteiger partial charge >= 0.3 is 0 Å². The normalized spacial score (nSPS) is 9.89. The lowest BCUT2D eigenvalue weighted by Crippen LogP contribution is -1.89. The Morgan fingerprint density at radius 3 is 2.67 bits per heavy atom. The molecule has 0 saturated heterocycles. The minimum absolute atomic E-state index is 0.299. The van der Waals surface area contributed by atoms with Gasteiger partial charge in [-0.15, -0.1) is 0 Å². The molecule has 0 fully saturated rings. The van der Waals surface area contributed by atoms with Gasteiger partial charge in [0.25, 0.3) is 0 Å². The third kappa shape index (κ3) is 2.88. The van der Waals surface area contributed by atoms with Gasteiger partial charge in [-0.05, 0) is 48.9 Å². The number of aryl methyl sites for hydroxylation is 1. The van der Waals surface area contributed by atoms with E-state index in [1.807, 2.05) is 6.07 Å². The van der Waals surface area contributed by atoms with Crippen LogP contribution < -0.4 is 4.74 Å². The minimum atomic E-state index is -0.299. The van der Waals surface area contributed by atoms with Crippen LogP contribution in [0.5, 0.6) is 11.5 Å². The van der Waals surface area contributed by atoms with Crippen LogP contribution in [0.25, 0.3) is 0 Å². The molecule has 0 unspecified atom stereocenters. The average Bonchev–Trinajstić information content (AvgIpc) is 2.32. The second-order valence-electron chi connectivity index (χ2n) is 3.80. The number of nitrogens with zero attached hydrogens (tertiary/aromatic N) is 1. The van der Waals surface area contributed by atoms with Crippen molar-refractivity contribution in [2.45, 2.75) is 6.92 Å². The Morgan fingerprint density at radius 1 is 1.22 bits per heavy atom. The molecule has 0 atom stereocenters. The number of halogens is 2. The molecule has 0 saturated carbocycles. The number of rotatable bonds is 2. The molecule has 0 aliphatic rings. The van der Waals surface area contributed by atoms with Crippen molar-refractivity contribution in [1.29, 1.82) is 5.26 Å². The Morgan fingerprint density at radius 2 is 2.00 bits per heavy atom. The van der Waals surface area contributed by atoms with Gasteiger partial charge in [0.2, 0.25) is 0 Å². The predicted octanol–water partition coefficient (Wildman–Crippen LogP) is 4.56. The molecule has 0 heterocycles. The second-order valence-corrected chi connectivity index (χ2v) is 4.71. The molecule has 2 rings (SSSR count). The van der Waals surface area contributed by atoms with Crippen molar-refractivity contribution in [1.82, 2.24) is 0 Å². The second kappa shape index (κ2) is 5.19. The maximum atomic E-state index is 13.0. The summed E-state index contributed by atoms with van der Waals surface area (Å²) in [7, 11) is 0. The van der Waals surface area contributed by atoms with Crippen LogP contribution in [-0.2, 0) is 0 Å². The van der Waals surface area contributed by atoms with Crippen LogP contribution in [0.3, 0.4) is 0 Å². The Labute approximate surface area is 113 Å². The molecule has 2 aromatic rings. The highest BCUT2D eigenvalue weighted by Crippen LogP contribution is 2.28. The lowest BCUT2D eigenvalue weighted by molar-refractivity contribution is 0.476. The molecular weight excluding hydrogens is 297 g/mol. The molecule has 0 aromatic heterocycles. The van der Waals surface area contributed by atoms with E-state index in [9.17, 15) is 4.39 Å². The minimum Gasteiger partial charge on any atom is -0.457 e. The zero-order valence-corrected chi connectivity index (χ0v) is 11.2. The van der Waals surface area contributed by atoms with Gasteiger partial charge in [0.1, 0.15) is 17.3 Å². The largest absolute Gasteiger partial charge is 0.457 e. The molecule has 18 heavy (non-hydrogen) atoms. The summed E-state index contributed by atoms with van der Waals surface area (Å²) >= 11 is 3.31. The summed E-state index contributed by atoms with van der Waals surface area (Å²) in [6, 6.07) is 11.4. The fraction of sp³-hybridized carbons (Fsp3) is 0.0714. The van der Waals surface area contributed by atoms with Crippen molar-refractivity contribution in [3.05, 3.63) is 57.8 Å². The van der Waals surface area contributed by atoms with E-state index in [1.54, 1.807) is 31.2 Å². The monoisotopic (exact) mass is 305 g/mol. The number of nitriles is 1. The third-order valence-electron chi connectivity index (χ3n) is 2.37. The van der Waals surface area contributed by atoms with E-state index in [2.05, 4.69) is 15.9 Å². The van der Waals surface area contributed by atoms with Gasteiger partial charge in [0.05, 0.1) is 11.6 Å². The molecule has 2 aromatic carbocycles. The van der Waals surface area contributed by atoms with Crippen LogP contribution in [0, 0.1) is 24.1 Å². The lowest BCUT2D eigenvalue weighted by atomic mass is 10.2. The van der Waals surface area contributed by atoms with Crippen LogP contribution in [0.4, 0.5) is 4.39 Å². The van der Waals surface area contributed by atoms with Gasteiger partial charge in [-0.25, -0.2) is 4.39 Å². The molecule has 4 heteroatoms. The maximum Gasteiger partial charge on any atom is 0.130 e. The van der Waals surface area contributed by atoms with Crippen LogP contribution >= 0.6 is 15.9 Å². The highest BCUT2D eigenvalue weighted by atomic mass is 79.9. The van der Waals surface area contributed by atoms with E-state index in [0.29, 0.717) is 22.6 Å². The summed E-state index contributed by atoms with van der Waals surface area (Å²) in [6.45, 7) is 1.77. The number of ether oxygens (including phenoxy) is 1. The maximum absolute atomic E-state index is 13.0. The number of hydrogen-bond acceptors (Lipinski definition) is 2. The molecular formula is C14H9BrFNO. The molecule has 90 valence electrons. The van der Waals surface area contributed by atoms with Crippen molar-refractivity contribution >= 4 is 15.9 Å². The van der Waals surface area contributed by atoms with Gasteiger partial charge in [-0.2, -0.15) is 5.26 Å². The van der Waals surface area contributed by atoms with Crippen molar-refractivity contribution in [3.8, 4) is 17.6 Å². The van der Waals surface area contributed by atoms with Crippen LogP contribution in [0.1, 0.15) is 11.1 Å². The van der Waals surface area contributed by atoms with E-state index >= 15 is 0 Å². The van der Waals surface area contributed by atoms with E-state index in [-0.39, 0.29) is 5.82 Å². The first-order chi connectivity index (χ1) is 8.58. The van der Waals surface area contributed by atoms with Crippen LogP contribution in [0.15, 0.2) is 40.9 Å². The summed E-state index contributed by atoms with van der Waals surface area (Å²) in [5.41, 5.74) is 1.20. The molecule has 0 spiro atoms. The van der Waals surface area contributed by atoms with Gasteiger partial charge in [-0.3, -0.25) is 0 Å². The van der Waals surface area contributed by atoms with E-state index in [0.717, 1.165) is 4.47 Å². The Bertz CT molecular complexity index is 634. The molecule has 0 bridgehead atoms. The topological polar surface area (TPSA) is 33.0 Å². The summed E-state index contributed by atoms with van der Waals surface area (Å²) in [6.07, 6.45) is 0. The zero-order chi connectivity index (χ0) is 13.1. The van der Waals surface area contributed by atoms with Gasteiger partial charge in [0.15, 0.2) is 0 Å². The van der Waals surface area contributed by atoms with E-state index in [1.165, 1.54) is 12.1 Å². The predicted molar refractivity (Wildman–Crippen MR) is 70.1 cm³/mol. The number of benzene rings is 2. The Balaban J connectivity index is 2.34. The smallest absolute Gasteiger partial charge is 0.130 e. The van der Waals surface area contributed by atoms with E-state index < -0.39 is 0 Å². The van der Waals surface area contributed by atoms with Gasteiger partial charge in [-0.1, -0.05) is 15.9 Å². The Kier molecular flexibility index (Phi) is 3.63. The average molecular weight is 306 g/mol. The first-order valence-corrected chi connectivity index (χ1v) is 6.02. The molecule has 2 nitrogen and oxygen atoms in total. The molecule has 0 N–H and O–H groups in total. The zero-order valence-electron chi connectivity index (χ0n) is 9.58. The van der Waals surface area contributed by atoms with Crippen molar-refractivity contribution in [2.75, 3.05) is 0 Å². The summed E-state index contributed by atoms with van der Waals surface area (Å²) < 4.78 is 19.4. The SMILES string of the molecule is Cc1cc(F)ccc1Oc1cc(Br)cc(C#N)c1. The highest BCUT2D eigenvalue weighted by Gasteiger charge is 2.05. The summed E-state index contributed by atoms with van der Waals surface area (Å²) in [5.74, 6) is 0.806. The summed E-state index contributed by atoms with van der Waals surface area (Å²) in [4.78, 5) is 0. The first kappa shape index (κ1) is 12.6. The quantitative estimate of drug-likeness (QED) is 0.815. The third-order valence-corrected chi connectivity index (χ3v) is 2.82. The van der Waals surface area contributed by atoms with Crippen molar-refractivity contribution in [2.24, 2.45) is 0 Å². The standard InChI is InChI=1S/C14H9BrFNO/c1-9-4-12(16)2-3-14(9)18-13-6-10(8-17)5-11(15)7-13/h2-7H,1H3. The van der Waals surface area contributed by atoms with E-state index in [4.69, 9.17) is 10.00 Å². The molecule has 0 aliphatic heterocycles. The lowest BCUT2D eigenvalue weighted by Gasteiger charge is -2.09. The summed E-state index contributed by atoms with van der Waals surface area (Å²) in [5, 5.41) is 8.87. The number of hydrogen-bond donors (Lipinski definition) is 0. The molecule has 0 radical (unpaired) electrons. The van der Waals surface area contributed by atoms with Crippen LogP contribution in [0.2, 0.25) is 0 Å². The highest BCUT2D eigenvalue weighted by molar-refractivity contribution is 9.10. The fourth-order valence-electron chi connectivity index (χ4n) is 1.54. The molecule has 0 amide bonds. The Hall–Kier alpha value is -1.86.